The molecular weight excluding hydrogens is 270 g/mol. The van der Waals surface area contributed by atoms with Crippen LogP contribution < -0.4 is 11.1 Å². The van der Waals surface area contributed by atoms with E-state index in [-0.39, 0.29) is 12.1 Å². The van der Waals surface area contributed by atoms with Crippen LogP contribution in [0.3, 0.4) is 0 Å². The van der Waals surface area contributed by atoms with Crippen molar-refractivity contribution >= 4 is 40.5 Å². The van der Waals surface area contributed by atoms with Crippen molar-refractivity contribution in [2.45, 2.75) is 19.4 Å². The fourth-order valence-electron chi connectivity index (χ4n) is 1.39. The van der Waals surface area contributed by atoms with Crippen LogP contribution in [0.1, 0.15) is 13.3 Å². The molecule has 18 heavy (non-hydrogen) atoms. The number of nitrogens with two attached hydrogens (primary N) is 1. The highest BCUT2D eigenvalue weighted by molar-refractivity contribution is 7.80. The topological polar surface area (TPSA) is 58.4 Å². The lowest BCUT2D eigenvalue weighted by Gasteiger charge is -2.25. The molecule has 1 unspecified atom stereocenters. The Labute approximate surface area is 117 Å². The number of carbonyl (C=O) groups is 1. The van der Waals surface area contributed by atoms with Crippen LogP contribution in [0.15, 0.2) is 24.3 Å². The largest absolute Gasteiger partial charge is 0.393 e. The molecule has 0 saturated heterocycles. The number of amides is 2. The number of hydrogen-bond donors (Lipinski definition) is 2. The van der Waals surface area contributed by atoms with Crippen molar-refractivity contribution in [1.29, 1.82) is 0 Å². The second-order valence-corrected chi connectivity index (χ2v) is 4.97. The quantitative estimate of drug-likeness (QED) is 0.837. The second kappa shape index (κ2) is 6.56. The molecule has 3 N–H and O–H groups in total. The first-order valence-electron chi connectivity index (χ1n) is 5.48. The van der Waals surface area contributed by atoms with Crippen molar-refractivity contribution in [1.82, 2.24) is 4.90 Å². The molecule has 1 aromatic rings. The van der Waals surface area contributed by atoms with Crippen molar-refractivity contribution < 1.29 is 4.79 Å². The van der Waals surface area contributed by atoms with Gasteiger partial charge in [0.1, 0.15) is 0 Å². The molecule has 0 heterocycles. The highest BCUT2D eigenvalue weighted by atomic mass is 35.5. The van der Waals surface area contributed by atoms with Gasteiger partial charge in [0.25, 0.3) is 0 Å². The first-order valence-corrected chi connectivity index (χ1v) is 6.27. The van der Waals surface area contributed by atoms with Crippen LogP contribution in [0.25, 0.3) is 0 Å². The third kappa shape index (κ3) is 4.16. The van der Waals surface area contributed by atoms with E-state index in [4.69, 9.17) is 29.6 Å². The number of thiocarbonyl (C=S) groups is 1. The van der Waals surface area contributed by atoms with E-state index in [1.165, 1.54) is 0 Å². The third-order valence-corrected chi connectivity index (χ3v) is 3.09. The minimum Gasteiger partial charge on any atom is -0.393 e. The van der Waals surface area contributed by atoms with E-state index in [0.29, 0.717) is 22.1 Å². The summed E-state index contributed by atoms with van der Waals surface area (Å²) in [5.74, 6) is 0. The van der Waals surface area contributed by atoms with Gasteiger partial charge in [-0.15, -0.1) is 0 Å². The summed E-state index contributed by atoms with van der Waals surface area (Å²) in [6, 6.07) is 6.76. The van der Waals surface area contributed by atoms with Gasteiger partial charge in [-0.1, -0.05) is 36.0 Å². The Balaban J connectivity index is 2.65. The fourth-order valence-corrected chi connectivity index (χ4v) is 1.82. The Morgan fingerprint density at radius 3 is 2.72 bits per heavy atom. The van der Waals surface area contributed by atoms with E-state index < -0.39 is 0 Å². The number of urea groups is 1. The lowest BCUT2D eigenvalue weighted by molar-refractivity contribution is 0.209. The van der Waals surface area contributed by atoms with Gasteiger partial charge in [-0.3, -0.25) is 0 Å². The molecule has 1 atom stereocenters. The van der Waals surface area contributed by atoms with Crippen LogP contribution in [0.5, 0.6) is 0 Å². The van der Waals surface area contributed by atoms with Crippen LogP contribution >= 0.6 is 23.8 Å². The normalized spacial score (nSPS) is 11.7. The number of nitrogens with zero attached hydrogens (tertiary/aromatic N) is 1. The molecule has 98 valence electrons. The van der Waals surface area contributed by atoms with Gasteiger partial charge in [0.05, 0.1) is 15.7 Å². The van der Waals surface area contributed by atoms with E-state index >= 15 is 0 Å². The minimum absolute atomic E-state index is 0.0648. The van der Waals surface area contributed by atoms with Crippen molar-refractivity contribution in [2.24, 2.45) is 5.73 Å². The van der Waals surface area contributed by atoms with Crippen LogP contribution in [-0.2, 0) is 0 Å². The summed E-state index contributed by atoms with van der Waals surface area (Å²) in [6.07, 6.45) is 0.488. The fraction of sp³-hybridized carbons (Fsp3) is 0.333. The number of hydrogen-bond acceptors (Lipinski definition) is 2. The molecule has 4 nitrogen and oxygen atoms in total. The Hall–Kier alpha value is -1.33. The number of halogens is 1. The van der Waals surface area contributed by atoms with Gasteiger partial charge in [0, 0.05) is 19.5 Å². The summed E-state index contributed by atoms with van der Waals surface area (Å²) >= 11 is 10.8. The van der Waals surface area contributed by atoms with Crippen molar-refractivity contribution in [2.75, 3.05) is 12.4 Å². The van der Waals surface area contributed by atoms with Crippen molar-refractivity contribution in [3.05, 3.63) is 29.3 Å². The van der Waals surface area contributed by atoms with Gasteiger partial charge in [0.15, 0.2) is 0 Å². The van der Waals surface area contributed by atoms with Gasteiger partial charge in [-0.05, 0) is 19.1 Å². The van der Waals surface area contributed by atoms with Gasteiger partial charge >= 0.3 is 6.03 Å². The van der Waals surface area contributed by atoms with E-state index in [1.807, 2.05) is 6.92 Å². The summed E-state index contributed by atoms with van der Waals surface area (Å²) in [7, 11) is 1.69. The SMILES string of the molecule is CC(CC(N)=S)N(C)C(=O)Nc1ccccc1Cl. The average Bonchev–Trinajstić information content (AvgIpc) is 2.30. The predicted molar refractivity (Wildman–Crippen MR) is 79.1 cm³/mol. The zero-order valence-corrected chi connectivity index (χ0v) is 11.9. The number of benzene rings is 1. The summed E-state index contributed by atoms with van der Waals surface area (Å²) in [5.41, 5.74) is 6.04. The zero-order chi connectivity index (χ0) is 13.7. The molecule has 2 amide bonds. The standard InChI is InChI=1S/C12H16ClN3OS/c1-8(7-11(14)18)16(2)12(17)15-10-6-4-3-5-9(10)13/h3-6,8H,7H2,1-2H3,(H2,14,18)(H,15,17). The first-order chi connectivity index (χ1) is 8.41. The summed E-state index contributed by atoms with van der Waals surface area (Å²) in [5, 5.41) is 3.24. The van der Waals surface area contributed by atoms with Crippen LogP contribution in [0.2, 0.25) is 5.02 Å². The van der Waals surface area contributed by atoms with Crippen LogP contribution in [0, 0.1) is 0 Å². The van der Waals surface area contributed by atoms with Crippen molar-refractivity contribution in [3.63, 3.8) is 0 Å². The van der Waals surface area contributed by atoms with E-state index in [9.17, 15) is 4.79 Å². The highest BCUT2D eigenvalue weighted by Gasteiger charge is 2.17. The number of rotatable bonds is 4. The van der Waals surface area contributed by atoms with E-state index in [2.05, 4.69) is 5.32 Å². The van der Waals surface area contributed by atoms with Crippen LogP contribution in [0.4, 0.5) is 10.5 Å². The second-order valence-electron chi connectivity index (χ2n) is 4.04. The number of nitrogens with one attached hydrogen (secondary N) is 1. The van der Waals surface area contributed by atoms with Gasteiger partial charge in [0.2, 0.25) is 0 Å². The third-order valence-electron chi connectivity index (χ3n) is 2.59. The molecule has 1 rings (SSSR count). The number of anilines is 1. The molecule has 0 aromatic heterocycles. The minimum atomic E-state index is -0.244. The van der Waals surface area contributed by atoms with Crippen LogP contribution in [-0.4, -0.2) is 29.0 Å². The van der Waals surface area contributed by atoms with Gasteiger partial charge < -0.3 is 16.0 Å². The van der Waals surface area contributed by atoms with E-state index in [0.717, 1.165) is 0 Å². The molecule has 6 heteroatoms. The molecule has 0 spiro atoms. The Bertz CT molecular complexity index is 453. The van der Waals surface area contributed by atoms with E-state index in [1.54, 1.807) is 36.2 Å². The smallest absolute Gasteiger partial charge is 0.321 e. The first kappa shape index (κ1) is 14.7. The maximum absolute atomic E-state index is 12.0. The monoisotopic (exact) mass is 285 g/mol. The molecule has 0 saturated carbocycles. The summed E-state index contributed by atoms with van der Waals surface area (Å²) in [6.45, 7) is 1.88. The Kier molecular flexibility index (Phi) is 5.37. The number of carbonyl (C=O) groups excluding carboxylic acids is 1. The van der Waals surface area contributed by atoms with Gasteiger partial charge in [-0.2, -0.15) is 0 Å². The molecule has 0 aliphatic rings. The number of para-hydroxylation sites is 1. The molecule has 0 radical (unpaired) electrons. The highest BCUT2D eigenvalue weighted by Crippen LogP contribution is 2.21. The lowest BCUT2D eigenvalue weighted by Crippen LogP contribution is -2.40. The van der Waals surface area contributed by atoms with Gasteiger partial charge in [-0.25, -0.2) is 4.79 Å². The molecule has 1 aromatic carbocycles. The molecule has 0 bridgehead atoms. The maximum Gasteiger partial charge on any atom is 0.321 e. The molecule has 0 aliphatic carbocycles. The summed E-state index contributed by atoms with van der Waals surface area (Å²) < 4.78 is 0. The summed E-state index contributed by atoms with van der Waals surface area (Å²) in [4.78, 5) is 13.9. The Morgan fingerprint density at radius 1 is 1.56 bits per heavy atom. The van der Waals surface area contributed by atoms with Crippen molar-refractivity contribution in [3.8, 4) is 0 Å². The predicted octanol–water partition coefficient (Wildman–Crippen LogP) is 2.87. The molecular formula is C12H16ClN3OS. The zero-order valence-electron chi connectivity index (χ0n) is 10.3. The lowest BCUT2D eigenvalue weighted by atomic mass is 10.2. The molecule has 0 aliphatic heterocycles. The Morgan fingerprint density at radius 2 is 2.17 bits per heavy atom. The molecule has 0 fully saturated rings. The average molecular weight is 286 g/mol. The maximum atomic E-state index is 12.0.